The number of carbonyl (C=O) groups is 2. The van der Waals surface area contributed by atoms with Crippen LogP contribution in [0.1, 0.15) is 0 Å². The Labute approximate surface area is 153 Å². The number of nitrogens with one attached hydrogen (secondary N) is 1. The first-order valence-electron chi connectivity index (χ1n) is 8.57. The number of morpholine rings is 1. The number of ether oxygens (including phenoxy) is 3. The molecule has 1 atom stereocenters. The summed E-state index contributed by atoms with van der Waals surface area (Å²) in [6.07, 6.45) is 0. The predicted octanol–water partition coefficient (Wildman–Crippen LogP) is -0.268. The van der Waals surface area contributed by atoms with Crippen LogP contribution in [0.2, 0.25) is 0 Å². The lowest BCUT2D eigenvalue weighted by Gasteiger charge is -2.54. The molecule has 2 aliphatic heterocycles. The fraction of sp³-hybridized carbons (Fsp3) is 0.556. The van der Waals surface area contributed by atoms with Crippen molar-refractivity contribution in [3.63, 3.8) is 0 Å². The van der Waals surface area contributed by atoms with E-state index in [1.54, 1.807) is 31.2 Å². The third-order valence-electron chi connectivity index (χ3n) is 4.90. The van der Waals surface area contributed by atoms with Gasteiger partial charge in [0, 0.05) is 13.6 Å². The van der Waals surface area contributed by atoms with Gasteiger partial charge in [-0.3, -0.25) is 14.5 Å². The second-order valence-corrected chi connectivity index (χ2v) is 6.73. The Morgan fingerprint density at radius 3 is 2.58 bits per heavy atom. The van der Waals surface area contributed by atoms with Crippen molar-refractivity contribution in [2.24, 2.45) is 0 Å². The molecular formula is C18H25N3O5. The molecule has 8 heteroatoms. The van der Waals surface area contributed by atoms with Gasteiger partial charge in [-0.2, -0.15) is 0 Å². The molecule has 2 fully saturated rings. The molecule has 2 aliphatic rings. The first-order chi connectivity index (χ1) is 12.5. The van der Waals surface area contributed by atoms with Crippen molar-refractivity contribution in [3.8, 4) is 11.5 Å². The Kier molecular flexibility index (Phi) is 5.33. The highest BCUT2D eigenvalue weighted by molar-refractivity contribution is 5.82. The second kappa shape index (κ2) is 7.51. The van der Waals surface area contributed by atoms with Crippen LogP contribution in [-0.2, 0) is 14.3 Å². The van der Waals surface area contributed by atoms with Gasteiger partial charge >= 0.3 is 0 Å². The van der Waals surface area contributed by atoms with Crippen LogP contribution < -0.4 is 14.8 Å². The zero-order valence-electron chi connectivity index (χ0n) is 15.4. The normalized spacial score (nSPS) is 21.8. The van der Waals surface area contributed by atoms with Crippen molar-refractivity contribution >= 4 is 11.8 Å². The molecule has 2 amide bonds. The van der Waals surface area contributed by atoms with Gasteiger partial charge in [0.2, 0.25) is 5.91 Å². The summed E-state index contributed by atoms with van der Waals surface area (Å²) in [4.78, 5) is 27.9. The Morgan fingerprint density at radius 1 is 1.27 bits per heavy atom. The minimum absolute atomic E-state index is 0.0485. The first kappa shape index (κ1) is 18.5. The molecule has 1 aromatic rings. The van der Waals surface area contributed by atoms with E-state index in [1.807, 2.05) is 24.1 Å². The maximum absolute atomic E-state index is 12.4. The summed E-state index contributed by atoms with van der Waals surface area (Å²) in [5, 5.41) is 2.65. The molecule has 0 saturated carbocycles. The van der Waals surface area contributed by atoms with Gasteiger partial charge in [-0.1, -0.05) is 12.1 Å². The zero-order chi connectivity index (χ0) is 18.7. The monoisotopic (exact) mass is 363 g/mol. The molecule has 0 radical (unpaired) electrons. The highest BCUT2D eigenvalue weighted by Crippen LogP contribution is 2.31. The van der Waals surface area contributed by atoms with E-state index >= 15 is 0 Å². The van der Waals surface area contributed by atoms with Crippen molar-refractivity contribution in [1.29, 1.82) is 0 Å². The van der Waals surface area contributed by atoms with Crippen LogP contribution in [-0.4, -0.2) is 87.3 Å². The molecule has 142 valence electrons. The average molecular weight is 363 g/mol. The summed E-state index contributed by atoms with van der Waals surface area (Å²) in [6, 6.07) is 6.93. The molecular weight excluding hydrogens is 338 g/mol. The van der Waals surface area contributed by atoms with Crippen molar-refractivity contribution in [2.45, 2.75) is 11.6 Å². The largest absolute Gasteiger partial charge is 0.493 e. The minimum atomic E-state index is -0.390. The van der Waals surface area contributed by atoms with E-state index in [0.717, 1.165) is 0 Å². The topological polar surface area (TPSA) is 80.3 Å². The van der Waals surface area contributed by atoms with Gasteiger partial charge < -0.3 is 24.4 Å². The van der Waals surface area contributed by atoms with E-state index in [2.05, 4.69) is 5.32 Å². The first-order valence-corrected chi connectivity index (χ1v) is 8.57. The molecule has 8 nitrogen and oxygen atoms in total. The molecule has 0 bridgehead atoms. The van der Waals surface area contributed by atoms with Gasteiger partial charge in [-0.05, 0) is 19.2 Å². The number of rotatable bonds is 5. The van der Waals surface area contributed by atoms with E-state index in [0.29, 0.717) is 37.7 Å². The lowest BCUT2D eigenvalue weighted by molar-refractivity contribution is -0.201. The van der Waals surface area contributed by atoms with Crippen molar-refractivity contribution in [1.82, 2.24) is 15.1 Å². The number of hydrogen-bond donors (Lipinski definition) is 1. The van der Waals surface area contributed by atoms with Crippen LogP contribution in [0.15, 0.2) is 24.3 Å². The lowest BCUT2D eigenvalue weighted by atomic mass is 9.90. The van der Waals surface area contributed by atoms with Crippen LogP contribution in [0.5, 0.6) is 11.5 Å². The SMILES string of the molecule is CNC(=O)C1COC2(CN(C(=O)COc3ccccc3OC)C2)CN1C. The minimum Gasteiger partial charge on any atom is -0.493 e. The molecule has 0 aliphatic carbocycles. The summed E-state index contributed by atoms with van der Waals surface area (Å²) in [5.74, 6) is 0.986. The Morgan fingerprint density at radius 2 is 1.96 bits per heavy atom. The Balaban J connectivity index is 1.49. The van der Waals surface area contributed by atoms with Crippen LogP contribution in [0, 0.1) is 0 Å². The van der Waals surface area contributed by atoms with Crippen LogP contribution >= 0.6 is 0 Å². The van der Waals surface area contributed by atoms with Gasteiger partial charge in [-0.15, -0.1) is 0 Å². The van der Waals surface area contributed by atoms with E-state index < -0.39 is 0 Å². The molecule has 1 aromatic carbocycles. The van der Waals surface area contributed by atoms with Crippen molar-refractivity contribution < 1.29 is 23.8 Å². The number of nitrogens with zero attached hydrogens (tertiary/aromatic N) is 2. The van der Waals surface area contributed by atoms with Crippen LogP contribution in [0.4, 0.5) is 0 Å². The van der Waals surface area contributed by atoms with Crippen molar-refractivity contribution in [3.05, 3.63) is 24.3 Å². The van der Waals surface area contributed by atoms with Gasteiger partial charge in [-0.25, -0.2) is 0 Å². The number of para-hydroxylation sites is 2. The third-order valence-corrected chi connectivity index (χ3v) is 4.90. The molecule has 0 aromatic heterocycles. The molecule has 1 spiro atoms. The number of likely N-dealkylation sites (N-methyl/N-ethyl adjacent to an activating group) is 2. The summed E-state index contributed by atoms with van der Waals surface area (Å²) in [6.45, 7) is 1.91. The smallest absolute Gasteiger partial charge is 0.260 e. The predicted molar refractivity (Wildman–Crippen MR) is 94.2 cm³/mol. The average Bonchev–Trinajstić information content (AvgIpc) is 2.63. The fourth-order valence-electron chi connectivity index (χ4n) is 3.42. The number of hydrogen-bond acceptors (Lipinski definition) is 6. The van der Waals surface area contributed by atoms with E-state index in [4.69, 9.17) is 14.2 Å². The van der Waals surface area contributed by atoms with E-state index in [-0.39, 0.29) is 30.1 Å². The third kappa shape index (κ3) is 3.61. The van der Waals surface area contributed by atoms with E-state index in [1.165, 1.54) is 0 Å². The number of methoxy groups -OCH3 is 1. The maximum atomic E-state index is 12.4. The standard InChI is InChI=1S/C18H25N3O5/c1-19-17(23)13-8-26-18(10-20(13)2)11-21(12-18)16(22)9-25-15-7-5-4-6-14(15)24-3/h4-7,13H,8-12H2,1-3H3,(H,19,23). The van der Waals surface area contributed by atoms with Crippen LogP contribution in [0.3, 0.4) is 0 Å². The number of benzene rings is 1. The molecule has 2 heterocycles. The van der Waals surface area contributed by atoms with Crippen molar-refractivity contribution in [2.75, 3.05) is 54.1 Å². The Hall–Kier alpha value is -2.32. The van der Waals surface area contributed by atoms with Gasteiger partial charge in [0.1, 0.15) is 11.6 Å². The molecule has 26 heavy (non-hydrogen) atoms. The summed E-state index contributed by atoms with van der Waals surface area (Å²) < 4.78 is 16.7. The van der Waals surface area contributed by atoms with Gasteiger partial charge in [0.15, 0.2) is 18.1 Å². The lowest BCUT2D eigenvalue weighted by Crippen LogP contribution is -2.73. The molecule has 3 rings (SSSR count). The number of carbonyl (C=O) groups excluding carboxylic acids is 2. The highest BCUT2D eigenvalue weighted by atomic mass is 16.5. The molecule has 1 unspecified atom stereocenters. The summed E-state index contributed by atoms with van der Waals surface area (Å²) in [5.41, 5.74) is -0.390. The second-order valence-electron chi connectivity index (χ2n) is 6.73. The van der Waals surface area contributed by atoms with E-state index in [9.17, 15) is 9.59 Å². The van der Waals surface area contributed by atoms with Crippen LogP contribution in [0.25, 0.3) is 0 Å². The number of likely N-dealkylation sites (tertiary alicyclic amines) is 1. The fourth-order valence-corrected chi connectivity index (χ4v) is 3.42. The molecule has 2 saturated heterocycles. The zero-order valence-corrected chi connectivity index (χ0v) is 15.4. The van der Waals surface area contributed by atoms with Gasteiger partial charge in [0.25, 0.3) is 5.91 Å². The summed E-state index contributed by atoms with van der Waals surface area (Å²) in [7, 11) is 5.08. The molecule has 1 N–H and O–H groups in total. The highest BCUT2D eigenvalue weighted by Gasteiger charge is 2.51. The Bertz CT molecular complexity index is 675. The quantitative estimate of drug-likeness (QED) is 0.776. The maximum Gasteiger partial charge on any atom is 0.260 e. The van der Waals surface area contributed by atoms with Gasteiger partial charge in [0.05, 0.1) is 26.8 Å². The number of amides is 2. The summed E-state index contributed by atoms with van der Waals surface area (Å²) >= 11 is 0.